The Morgan fingerprint density at radius 3 is 2.40 bits per heavy atom. The molecular weight excluding hydrogens is 346 g/mol. The van der Waals surface area contributed by atoms with Crippen LogP contribution < -0.4 is 10.6 Å². The zero-order chi connectivity index (χ0) is 15.2. The van der Waals surface area contributed by atoms with Gasteiger partial charge < -0.3 is 10.6 Å². The van der Waals surface area contributed by atoms with Crippen LogP contribution in [0.25, 0.3) is 0 Å². The molecule has 2 N–H and O–H groups in total. The van der Waals surface area contributed by atoms with Crippen LogP contribution in [0.4, 0.5) is 0 Å². The van der Waals surface area contributed by atoms with Crippen LogP contribution in [0, 0.1) is 0 Å². The summed E-state index contributed by atoms with van der Waals surface area (Å²) in [4.78, 5) is 11.8. The van der Waals surface area contributed by atoms with E-state index in [-0.39, 0.29) is 17.3 Å². The first-order valence-corrected chi connectivity index (χ1v) is 8.24. The van der Waals surface area contributed by atoms with Crippen LogP contribution in [0.15, 0.2) is 33.6 Å². The number of hydrogen-bond acceptors (Lipinski definition) is 4. The van der Waals surface area contributed by atoms with Crippen molar-refractivity contribution < 1.29 is 13.2 Å². The number of likely N-dealkylation sites (N-methyl/N-ethyl adjacent to an activating group) is 2. The van der Waals surface area contributed by atoms with Gasteiger partial charge in [0.1, 0.15) is 0 Å². The predicted molar refractivity (Wildman–Crippen MR) is 80.9 cm³/mol. The normalized spacial score (nSPS) is 11.6. The average Bonchev–Trinajstić information content (AvgIpc) is 2.39. The summed E-state index contributed by atoms with van der Waals surface area (Å²) in [5, 5.41) is 5.52. The lowest BCUT2D eigenvalue weighted by atomic mass is 10.4. The number of carbonyl (C=O) groups excluding carboxylic acids is 1. The molecule has 0 heterocycles. The van der Waals surface area contributed by atoms with Crippen molar-refractivity contribution in [3.05, 3.63) is 28.7 Å². The van der Waals surface area contributed by atoms with Crippen molar-refractivity contribution in [2.45, 2.75) is 4.90 Å². The predicted octanol–water partition coefficient (Wildman–Crippen LogP) is 0.405. The summed E-state index contributed by atoms with van der Waals surface area (Å²) in [6.07, 6.45) is 0. The highest BCUT2D eigenvalue weighted by molar-refractivity contribution is 9.10. The smallest absolute Gasteiger partial charge is 0.243 e. The summed E-state index contributed by atoms with van der Waals surface area (Å²) in [7, 11) is -0.487. The summed E-state index contributed by atoms with van der Waals surface area (Å²) in [5.74, 6) is -0.330. The molecule has 1 rings (SSSR count). The zero-order valence-corrected chi connectivity index (χ0v) is 13.8. The number of carbonyl (C=O) groups is 1. The van der Waals surface area contributed by atoms with Gasteiger partial charge in [0.25, 0.3) is 0 Å². The van der Waals surface area contributed by atoms with Crippen molar-refractivity contribution in [1.29, 1.82) is 0 Å². The second-order valence-corrected chi connectivity index (χ2v) is 7.13. The van der Waals surface area contributed by atoms with Crippen LogP contribution in [0.5, 0.6) is 0 Å². The fourth-order valence-electron chi connectivity index (χ4n) is 1.46. The van der Waals surface area contributed by atoms with Gasteiger partial charge in [-0.3, -0.25) is 4.79 Å². The fraction of sp³-hybridized carbons (Fsp3) is 0.417. The summed E-state index contributed by atoms with van der Waals surface area (Å²) < 4.78 is 26.3. The molecule has 0 atom stereocenters. The molecule has 0 bridgehead atoms. The molecule has 1 amide bonds. The zero-order valence-electron chi connectivity index (χ0n) is 11.4. The summed E-state index contributed by atoms with van der Waals surface area (Å²) in [6, 6.07) is 6.28. The van der Waals surface area contributed by atoms with Crippen molar-refractivity contribution in [2.24, 2.45) is 0 Å². The molecule has 0 fully saturated rings. The summed E-state index contributed by atoms with van der Waals surface area (Å²) in [6.45, 7) is 0.887. The van der Waals surface area contributed by atoms with Crippen LogP contribution in [-0.4, -0.2) is 52.4 Å². The molecule has 0 aliphatic heterocycles. The minimum atomic E-state index is -3.65. The van der Waals surface area contributed by atoms with E-state index in [9.17, 15) is 13.2 Å². The Labute approximate surface area is 127 Å². The van der Waals surface area contributed by atoms with E-state index in [0.29, 0.717) is 13.1 Å². The number of benzene rings is 1. The van der Waals surface area contributed by atoms with Crippen molar-refractivity contribution in [3.63, 3.8) is 0 Å². The molecular formula is C12H18BrN3O3S. The first-order valence-electron chi connectivity index (χ1n) is 6.01. The SMILES string of the molecule is CNCCNC(=O)CN(C)S(=O)(=O)c1ccc(Br)cc1. The minimum Gasteiger partial charge on any atom is -0.354 e. The molecule has 0 saturated heterocycles. The van der Waals surface area contributed by atoms with Gasteiger partial charge in [-0.05, 0) is 31.3 Å². The van der Waals surface area contributed by atoms with E-state index in [1.54, 1.807) is 19.2 Å². The van der Waals surface area contributed by atoms with Crippen molar-refractivity contribution in [2.75, 3.05) is 33.7 Å². The third-order valence-corrected chi connectivity index (χ3v) is 4.93. The van der Waals surface area contributed by atoms with Crippen molar-refractivity contribution >= 4 is 31.9 Å². The molecule has 0 spiro atoms. The number of sulfonamides is 1. The maximum Gasteiger partial charge on any atom is 0.243 e. The average molecular weight is 364 g/mol. The summed E-state index contributed by atoms with van der Waals surface area (Å²) in [5.41, 5.74) is 0. The molecule has 0 aromatic heterocycles. The lowest BCUT2D eigenvalue weighted by Gasteiger charge is -2.17. The first-order chi connectivity index (χ1) is 9.37. The lowest BCUT2D eigenvalue weighted by Crippen LogP contribution is -2.40. The third-order valence-electron chi connectivity index (χ3n) is 2.59. The number of halogens is 1. The molecule has 0 aliphatic carbocycles. The van der Waals surface area contributed by atoms with E-state index < -0.39 is 10.0 Å². The second kappa shape index (κ2) is 7.72. The maximum absolute atomic E-state index is 12.2. The highest BCUT2D eigenvalue weighted by atomic mass is 79.9. The summed E-state index contributed by atoms with van der Waals surface area (Å²) >= 11 is 3.25. The van der Waals surface area contributed by atoms with Gasteiger partial charge in [-0.1, -0.05) is 15.9 Å². The number of amides is 1. The Hall–Kier alpha value is -0.960. The first kappa shape index (κ1) is 17.1. The van der Waals surface area contributed by atoms with Gasteiger partial charge >= 0.3 is 0 Å². The Bertz CT molecular complexity index is 546. The molecule has 6 nitrogen and oxygen atoms in total. The van der Waals surface area contributed by atoms with Gasteiger partial charge in [-0.25, -0.2) is 8.42 Å². The van der Waals surface area contributed by atoms with Gasteiger partial charge in [-0.15, -0.1) is 0 Å². The molecule has 0 radical (unpaired) electrons. The minimum absolute atomic E-state index is 0.159. The van der Waals surface area contributed by atoms with Gasteiger partial charge in [0.15, 0.2) is 0 Å². The van der Waals surface area contributed by atoms with Crippen LogP contribution in [0.3, 0.4) is 0 Å². The van der Waals surface area contributed by atoms with E-state index in [0.717, 1.165) is 8.78 Å². The molecule has 20 heavy (non-hydrogen) atoms. The van der Waals surface area contributed by atoms with Gasteiger partial charge in [0.2, 0.25) is 15.9 Å². The van der Waals surface area contributed by atoms with Gasteiger partial charge in [-0.2, -0.15) is 4.31 Å². The maximum atomic E-state index is 12.2. The quantitative estimate of drug-likeness (QED) is 0.687. The Kier molecular flexibility index (Phi) is 6.60. The van der Waals surface area contributed by atoms with E-state index in [1.165, 1.54) is 19.2 Å². The van der Waals surface area contributed by atoms with Gasteiger partial charge in [0.05, 0.1) is 11.4 Å². The molecule has 0 unspecified atom stereocenters. The standard InChI is InChI=1S/C12H18BrN3O3S/c1-14-7-8-15-12(17)9-16(2)20(18,19)11-5-3-10(13)4-6-11/h3-6,14H,7-9H2,1-2H3,(H,15,17). The molecule has 112 valence electrons. The Morgan fingerprint density at radius 2 is 1.85 bits per heavy atom. The van der Waals surface area contributed by atoms with Crippen LogP contribution in [0.2, 0.25) is 0 Å². The van der Waals surface area contributed by atoms with Gasteiger partial charge in [0, 0.05) is 24.6 Å². The van der Waals surface area contributed by atoms with Crippen molar-refractivity contribution in [1.82, 2.24) is 14.9 Å². The highest BCUT2D eigenvalue weighted by Gasteiger charge is 2.22. The van der Waals surface area contributed by atoms with Crippen molar-refractivity contribution in [3.8, 4) is 0 Å². The number of hydrogen-bond donors (Lipinski definition) is 2. The molecule has 1 aromatic rings. The fourth-order valence-corrected chi connectivity index (χ4v) is 2.85. The van der Waals surface area contributed by atoms with Crippen LogP contribution >= 0.6 is 15.9 Å². The third kappa shape index (κ3) is 4.86. The Balaban J connectivity index is 2.68. The van der Waals surface area contributed by atoms with E-state index >= 15 is 0 Å². The van der Waals surface area contributed by atoms with E-state index in [4.69, 9.17) is 0 Å². The Morgan fingerprint density at radius 1 is 1.25 bits per heavy atom. The van der Waals surface area contributed by atoms with E-state index in [1.807, 2.05) is 0 Å². The molecule has 1 aromatic carbocycles. The lowest BCUT2D eigenvalue weighted by molar-refractivity contribution is -0.121. The molecule has 0 aliphatic rings. The molecule has 8 heteroatoms. The number of rotatable bonds is 7. The second-order valence-electron chi connectivity index (χ2n) is 4.17. The molecule has 0 saturated carbocycles. The number of nitrogens with zero attached hydrogens (tertiary/aromatic N) is 1. The van der Waals surface area contributed by atoms with Crippen LogP contribution in [-0.2, 0) is 14.8 Å². The van der Waals surface area contributed by atoms with E-state index in [2.05, 4.69) is 26.6 Å². The largest absolute Gasteiger partial charge is 0.354 e. The number of nitrogens with one attached hydrogen (secondary N) is 2. The monoisotopic (exact) mass is 363 g/mol. The highest BCUT2D eigenvalue weighted by Crippen LogP contribution is 2.17. The topological polar surface area (TPSA) is 78.5 Å². The van der Waals surface area contributed by atoms with Crippen LogP contribution in [0.1, 0.15) is 0 Å².